The number of aryl methyl sites for hydroxylation is 1. The summed E-state index contributed by atoms with van der Waals surface area (Å²) >= 11 is 2.04. The Balaban J connectivity index is 1.76. The topological polar surface area (TPSA) is 20.3 Å². The van der Waals surface area contributed by atoms with Gasteiger partial charge in [0, 0.05) is 9.64 Å². The molecule has 2 heterocycles. The minimum absolute atomic E-state index is 0.130. The zero-order valence-electron chi connectivity index (χ0n) is 14.6. The summed E-state index contributed by atoms with van der Waals surface area (Å²) in [5.74, 6) is 0.263. The third-order valence-electron chi connectivity index (χ3n) is 6.10. The lowest BCUT2D eigenvalue weighted by Crippen LogP contribution is -2.53. The quantitative estimate of drug-likeness (QED) is 0.632. The number of fused-ring (bicyclic) bond motifs is 6. The fourth-order valence-electron chi connectivity index (χ4n) is 5.00. The van der Waals surface area contributed by atoms with Gasteiger partial charge in [-0.2, -0.15) is 0 Å². The van der Waals surface area contributed by atoms with Crippen LogP contribution >= 0.6 is 11.8 Å². The minimum Gasteiger partial charge on any atom is -0.302 e. The van der Waals surface area contributed by atoms with Gasteiger partial charge in [-0.1, -0.05) is 55.2 Å². The van der Waals surface area contributed by atoms with Gasteiger partial charge in [0.15, 0.2) is 0 Å². The van der Waals surface area contributed by atoms with E-state index < -0.39 is 0 Å². The third kappa shape index (κ3) is 2.28. The average Bonchev–Trinajstić information content (AvgIpc) is 2.62. The molecule has 0 saturated heterocycles. The van der Waals surface area contributed by atoms with Gasteiger partial charge in [0.05, 0.1) is 18.2 Å². The number of para-hydroxylation sites is 1. The van der Waals surface area contributed by atoms with Crippen molar-refractivity contribution in [2.24, 2.45) is 0 Å². The molecule has 1 atom stereocenters. The first-order chi connectivity index (χ1) is 12.2. The molecular weight excluding hydrogens is 326 g/mol. The SMILES string of the molecule is Cc1ccc2c(c1)C1N(C(=O)C2)c2ccccc2SC12CCCCC2. The van der Waals surface area contributed by atoms with Gasteiger partial charge < -0.3 is 4.90 Å². The van der Waals surface area contributed by atoms with E-state index in [0.29, 0.717) is 6.42 Å². The number of rotatable bonds is 0. The fourth-order valence-corrected chi connectivity index (χ4v) is 6.69. The normalized spacial score (nSPS) is 23.8. The van der Waals surface area contributed by atoms with Gasteiger partial charge in [0.25, 0.3) is 0 Å². The summed E-state index contributed by atoms with van der Waals surface area (Å²) in [7, 11) is 0. The minimum atomic E-state index is 0.130. The van der Waals surface area contributed by atoms with E-state index in [-0.39, 0.29) is 16.7 Å². The molecule has 1 amide bonds. The van der Waals surface area contributed by atoms with Gasteiger partial charge in [-0.25, -0.2) is 0 Å². The van der Waals surface area contributed by atoms with E-state index in [1.807, 2.05) is 11.8 Å². The van der Waals surface area contributed by atoms with Crippen LogP contribution < -0.4 is 4.90 Å². The maximum absolute atomic E-state index is 13.2. The number of hydrogen-bond acceptors (Lipinski definition) is 2. The number of benzene rings is 2. The van der Waals surface area contributed by atoms with Crippen LogP contribution in [-0.2, 0) is 11.2 Å². The molecule has 1 unspecified atom stereocenters. The number of carbonyl (C=O) groups excluding carboxylic acids is 1. The summed E-state index contributed by atoms with van der Waals surface area (Å²) in [6.07, 6.45) is 6.80. The molecule has 3 aliphatic rings. The van der Waals surface area contributed by atoms with Crippen molar-refractivity contribution in [1.82, 2.24) is 0 Å². The predicted molar refractivity (Wildman–Crippen MR) is 103 cm³/mol. The van der Waals surface area contributed by atoms with Crippen LogP contribution in [0.3, 0.4) is 0 Å². The highest BCUT2D eigenvalue weighted by molar-refractivity contribution is 8.01. The Bertz CT molecular complexity index is 853. The zero-order chi connectivity index (χ0) is 17.0. The molecule has 2 aromatic carbocycles. The van der Waals surface area contributed by atoms with Crippen molar-refractivity contribution in [1.29, 1.82) is 0 Å². The lowest BCUT2D eigenvalue weighted by Gasteiger charge is -2.54. The van der Waals surface area contributed by atoms with Gasteiger partial charge in [-0.05, 0) is 43.0 Å². The summed E-state index contributed by atoms with van der Waals surface area (Å²) in [6.45, 7) is 2.17. The van der Waals surface area contributed by atoms with Crippen molar-refractivity contribution < 1.29 is 4.79 Å². The third-order valence-corrected chi connectivity index (χ3v) is 7.70. The number of anilines is 1. The molecule has 1 saturated carbocycles. The number of amides is 1. The van der Waals surface area contributed by atoms with Crippen molar-refractivity contribution in [3.05, 3.63) is 59.2 Å². The molecule has 25 heavy (non-hydrogen) atoms. The lowest BCUT2D eigenvalue weighted by molar-refractivity contribution is -0.119. The molecule has 1 spiro atoms. The van der Waals surface area contributed by atoms with Crippen molar-refractivity contribution in [2.45, 2.75) is 61.1 Å². The van der Waals surface area contributed by atoms with Crippen LogP contribution in [0.25, 0.3) is 0 Å². The lowest BCUT2D eigenvalue weighted by atomic mass is 9.75. The number of carbonyl (C=O) groups is 1. The highest BCUT2D eigenvalue weighted by Gasteiger charge is 2.52. The van der Waals surface area contributed by atoms with Gasteiger partial charge in [-0.15, -0.1) is 11.8 Å². The van der Waals surface area contributed by atoms with Gasteiger partial charge in [0.2, 0.25) is 5.91 Å². The average molecular weight is 349 g/mol. The van der Waals surface area contributed by atoms with E-state index in [2.05, 4.69) is 54.3 Å². The monoisotopic (exact) mass is 349 g/mol. The number of nitrogens with zero attached hydrogens (tertiary/aromatic N) is 1. The van der Waals surface area contributed by atoms with Crippen LogP contribution in [0.2, 0.25) is 0 Å². The molecular formula is C22H23NOS. The predicted octanol–water partition coefficient (Wildman–Crippen LogP) is 5.43. The first kappa shape index (κ1) is 15.5. The Morgan fingerprint density at radius 1 is 1.08 bits per heavy atom. The van der Waals surface area contributed by atoms with Crippen LogP contribution in [0.5, 0.6) is 0 Å². The summed E-state index contributed by atoms with van der Waals surface area (Å²) < 4.78 is 0.130. The molecule has 5 rings (SSSR count). The molecule has 128 valence electrons. The van der Waals surface area contributed by atoms with Gasteiger partial charge in [0.1, 0.15) is 0 Å². The fraction of sp³-hybridized carbons (Fsp3) is 0.409. The molecule has 0 bridgehead atoms. The van der Waals surface area contributed by atoms with Crippen molar-refractivity contribution in [2.75, 3.05) is 4.90 Å². The van der Waals surface area contributed by atoms with E-state index in [9.17, 15) is 4.79 Å². The van der Waals surface area contributed by atoms with E-state index in [1.54, 1.807) is 0 Å². The summed E-state index contributed by atoms with van der Waals surface area (Å²) in [5.41, 5.74) is 5.04. The molecule has 2 aromatic rings. The summed E-state index contributed by atoms with van der Waals surface area (Å²) in [6, 6.07) is 15.4. The van der Waals surface area contributed by atoms with E-state index in [1.165, 1.54) is 53.7 Å². The summed E-state index contributed by atoms with van der Waals surface area (Å²) in [5, 5.41) is 0. The largest absolute Gasteiger partial charge is 0.302 e. The maximum atomic E-state index is 13.2. The highest BCUT2D eigenvalue weighted by atomic mass is 32.2. The standard InChI is InChI=1S/C22H23NOS/c1-15-9-10-16-14-20(24)23-18-7-3-4-8-19(18)25-22(11-5-2-6-12-22)21(23)17(16)13-15/h3-4,7-10,13,21H,2,5-6,11-12,14H2,1H3. The Morgan fingerprint density at radius 2 is 1.88 bits per heavy atom. The second kappa shape index (κ2) is 5.63. The molecule has 0 aromatic heterocycles. The number of thioether (sulfide) groups is 1. The Hall–Kier alpha value is -1.74. The first-order valence-corrected chi connectivity index (χ1v) is 10.2. The van der Waals surface area contributed by atoms with Crippen LogP contribution in [-0.4, -0.2) is 10.7 Å². The number of hydrogen-bond donors (Lipinski definition) is 0. The Morgan fingerprint density at radius 3 is 2.72 bits per heavy atom. The first-order valence-electron chi connectivity index (χ1n) is 9.37. The molecule has 0 radical (unpaired) electrons. The van der Waals surface area contributed by atoms with Crippen molar-refractivity contribution in [3.63, 3.8) is 0 Å². The zero-order valence-corrected chi connectivity index (χ0v) is 15.4. The Kier molecular flexibility index (Phi) is 3.50. The van der Waals surface area contributed by atoms with Crippen molar-refractivity contribution in [3.8, 4) is 0 Å². The Labute approximate surface area is 153 Å². The van der Waals surface area contributed by atoms with Crippen molar-refractivity contribution >= 4 is 23.4 Å². The van der Waals surface area contributed by atoms with E-state index in [4.69, 9.17) is 0 Å². The van der Waals surface area contributed by atoms with Crippen LogP contribution in [0.1, 0.15) is 54.8 Å². The van der Waals surface area contributed by atoms with E-state index >= 15 is 0 Å². The maximum Gasteiger partial charge on any atom is 0.232 e. The second-order valence-corrected chi connectivity index (χ2v) is 9.20. The second-order valence-electron chi connectivity index (χ2n) is 7.74. The van der Waals surface area contributed by atoms with E-state index in [0.717, 1.165) is 5.69 Å². The smallest absolute Gasteiger partial charge is 0.232 e. The highest BCUT2D eigenvalue weighted by Crippen LogP contribution is 2.61. The molecule has 1 aliphatic carbocycles. The van der Waals surface area contributed by atoms with Gasteiger partial charge in [-0.3, -0.25) is 4.79 Å². The molecule has 1 fully saturated rings. The molecule has 3 heteroatoms. The van der Waals surface area contributed by atoms with Crippen LogP contribution in [0.4, 0.5) is 5.69 Å². The molecule has 0 N–H and O–H groups in total. The van der Waals surface area contributed by atoms with Gasteiger partial charge >= 0.3 is 0 Å². The van der Waals surface area contributed by atoms with Crippen LogP contribution in [0, 0.1) is 6.92 Å². The van der Waals surface area contributed by atoms with Crippen LogP contribution in [0.15, 0.2) is 47.4 Å². The molecule has 2 aliphatic heterocycles. The summed E-state index contributed by atoms with van der Waals surface area (Å²) in [4.78, 5) is 16.6. The molecule has 2 nitrogen and oxygen atoms in total.